The van der Waals surface area contributed by atoms with Crippen LogP contribution in [-0.2, 0) is 18.3 Å². The molecule has 1 N–H and O–H groups in total. The average molecular weight is 317 g/mol. The molecule has 4 nitrogen and oxygen atoms in total. The molecule has 1 atom stereocenters. The lowest BCUT2D eigenvalue weighted by molar-refractivity contribution is 0.303. The summed E-state index contributed by atoms with van der Waals surface area (Å²) in [6, 6.07) is 0. The molecule has 1 unspecified atom stereocenters. The molecular weight excluding hydrogens is 294 g/mol. The van der Waals surface area contributed by atoms with Gasteiger partial charge in [-0.3, -0.25) is 0 Å². The first-order chi connectivity index (χ1) is 10.7. The van der Waals surface area contributed by atoms with Crippen molar-refractivity contribution in [1.82, 2.24) is 15.5 Å². The van der Waals surface area contributed by atoms with E-state index in [1.54, 1.807) is 0 Å². The Hall–Kier alpha value is -1.20. The van der Waals surface area contributed by atoms with E-state index in [1.165, 1.54) is 28.8 Å². The van der Waals surface area contributed by atoms with Crippen LogP contribution in [0.25, 0.3) is 11.5 Å². The summed E-state index contributed by atoms with van der Waals surface area (Å²) in [6.45, 7) is 6.66. The molecule has 0 radical (unpaired) electrons. The lowest BCUT2D eigenvalue weighted by Gasteiger charge is -2.30. The quantitative estimate of drug-likeness (QED) is 0.920. The Balaban J connectivity index is 1.65. The number of piperidine rings is 1. The van der Waals surface area contributed by atoms with Gasteiger partial charge in [-0.15, -0.1) is 11.3 Å². The monoisotopic (exact) mass is 317 g/mol. The Labute approximate surface area is 135 Å². The second kappa shape index (κ2) is 5.46. The molecule has 2 aromatic rings. The smallest absolute Gasteiger partial charge is 0.259 e. The summed E-state index contributed by atoms with van der Waals surface area (Å²) in [5.41, 5.74) is 2.69. The zero-order valence-electron chi connectivity index (χ0n) is 13.3. The first-order valence-electron chi connectivity index (χ1n) is 8.30. The standard InChI is InChI=1S/C17H23N3OS/c1-11-3-4-12-13(10-22-14(12)9-11)15-19-16(20-21-15)17(2)5-7-18-8-6-17/h10-11,18H,3-9H2,1-2H3. The fourth-order valence-electron chi connectivity index (χ4n) is 3.64. The molecule has 0 spiro atoms. The molecule has 0 aromatic carbocycles. The molecule has 0 saturated carbocycles. The largest absolute Gasteiger partial charge is 0.334 e. The first kappa shape index (κ1) is 14.4. The van der Waals surface area contributed by atoms with Gasteiger partial charge in [0.1, 0.15) is 0 Å². The number of nitrogens with zero attached hydrogens (tertiary/aromatic N) is 2. The fourth-order valence-corrected chi connectivity index (χ4v) is 4.88. The normalized spacial score (nSPS) is 24.2. The maximum Gasteiger partial charge on any atom is 0.259 e. The van der Waals surface area contributed by atoms with Crippen LogP contribution in [0.4, 0.5) is 0 Å². The lowest BCUT2D eigenvalue weighted by Crippen LogP contribution is -2.38. The van der Waals surface area contributed by atoms with E-state index in [1.807, 2.05) is 11.3 Å². The molecule has 1 aliphatic carbocycles. The fraction of sp³-hybridized carbons (Fsp3) is 0.647. The average Bonchev–Trinajstić information content (AvgIpc) is 3.14. The zero-order chi connectivity index (χ0) is 15.2. The lowest BCUT2D eigenvalue weighted by atomic mass is 9.80. The van der Waals surface area contributed by atoms with E-state index in [9.17, 15) is 0 Å². The molecule has 1 fully saturated rings. The molecule has 0 bridgehead atoms. The summed E-state index contributed by atoms with van der Waals surface area (Å²) in [5, 5.41) is 9.94. The Bertz CT molecular complexity index is 669. The van der Waals surface area contributed by atoms with E-state index < -0.39 is 0 Å². The summed E-state index contributed by atoms with van der Waals surface area (Å²) in [5.74, 6) is 2.40. The number of rotatable bonds is 2. The Morgan fingerprint density at radius 3 is 3.00 bits per heavy atom. The molecule has 118 valence electrons. The molecule has 1 aliphatic heterocycles. The summed E-state index contributed by atoms with van der Waals surface area (Å²) in [6.07, 6.45) is 5.76. The summed E-state index contributed by atoms with van der Waals surface area (Å²) >= 11 is 1.86. The number of thiophene rings is 1. The maximum absolute atomic E-state index is 5.65. The van der Waals surface area contributed by atoms with Gasteiger partial charge >= 0.3 is 0 Å². The number of aromatic nitrogens is 2. The Morgan fingerprint density at radius 1 is 1.36 bits per heavy atom. The SMILES string of the molecule is CC1CCc2c(-c3nc(C4(C)CCNCC4)no3)csc2C1. The number of nitrogens with one attached hydrogen (secondary N) is 1. The van der Waals surface area contributed by atoms with Crippen molar-refractivity contribution < 1.29 is 4.52 Å². The van der Waals surface area contributed by atoms with Crippen LogP contribution in [0.5, 0.6) is 0 Å². The van der Waals surface area contributed by atoms with Crippen LogP contribution in [0.3, 0.4) is 0 Å². The van der Waals surface area contributed by atoms with E-state index in [0.29, 0.717) is 0 Å². The molecular formula is C17H23N3OS. The van der Waals surface area contributed by atoms with Crippen molar-refractivity contribution >= 4 is 11.3 Å². The molecule has 1 saturated heterocycles. The third-order valence-electron chi connectivity index (χ3n) is 5.31. The highest BCUT2D eigenvalue weighted by Gasteiger charge is 2.34. The molecule has 0 amide bonds. The number of fused-ring (bicyclic) bond motifs is 1. The Morgan fingerprint density at radius 2 is 2.18 bits per heavy atom. The van der Waals surface area contributed by atoms with Crippen LogP contribution in [-0.4, -0.2) is 23.2 Å². The first-order valence-corrected chi connectivity index (χ1v) is 9.18. The van der Waals surface area contributed by atoms with E-state index in [2.05, 4.69) is 29.7 Å². The van der Waals surface area contributed by atoms with E-state index in [4.69, 9.17) is 9.51 Å². The third-order valence-corrected chi connectivity index (χ3v) is 6.36. The van der Waals surface area contributed by atoms with Gasteiger partial charge in [-0.25, -0.2) is 0 Å². The Kier molecular flexibility index (Phi) is 3.57. The summed E-state index contributed by atoms with van der Waals surface area (Å²) in [7, 11) is 0. The molecule has 2 aromatic heterocycles. The van der Waals surface area contributed by atoms with Gasteiger partial charge in [-0.1, -0.05) is 19.0 Å². The predicted molar refractivity (Wildman–Crippen MR) is 88.3 cm³/mol. The van der Waals surface area contributed by atoms with Gasteiger partial charge in [-0.2, -0.15) is 4.98 Å². The predicted octanol–water partition coefficient (Wildman–Crippen LogP) is 3.56. The van der Waals surface area contributed by atoms with Crippen molar-refractivity contribution in [1.29, 1.82) is 0 Å². The van der Waals surface area contributed by atoms with Crippen molar-refractivity contribution in [3.8, 4) is 11.5 Å². The second-order valence-corrected chi connectivity index (χ2v) is 8.10. The van der Waals surface area contributed by atoms with Gasteiger partial charge in [0.15, 0.2) is 5.82 Å². The van der Waals surface area contributed by atoms with Crippen molar-refractivity contribution in [3.05, 3.63) is 21.6 Å². The highest BCUT2D eigenvalue weighted by molar-refractivity contribution is 7.10. The van der Waals surface area contributed by atoms with Crippen LogP contribution >= 0.6 is 11.3 Å². The summed E-state index contributed by atoms with van der Waals surface area (Å²) < 4.78 is 5.65. The van der Waals surface area contributed by atoms with Gasteiger partial charge in [-0.05, 0) is 56.7 Å². The van der Waals surface area contributed by atoms with Crippen LogP contribution in [0, 0.1) is 5.92 Å². The minimum atomic E-state index is 0.0532. The molecule has 4 rings (SSSR count). The highest BCUT2D eigenvalue weighted by Crippen LogP contribution is 2.39. The third kappa shape index (κ3) is 2.40. The molecule has 2 aliphatic rings. The van der Waals surface area contributed by atoms with Crippen LogP contribution < -0.4 is 5.32 Å². The van der Waals surface area contributed by atoms with Gasteiger partial charge in [0.2, 0.25) is 0 Å². The highest BCUT2D eigenvalue weighted by atomic mass is 32.1. The molecule has 5 heteroatoms. The van der Waals surface area contributed by atoms with Crippen molar-refractivity contribution in [2.45, 2.75) is 51.4 Å². The molecule has 22 heavy (non-hydrogen) atoms. The topological polar surface area (TPSA) is 51.0 Å². The van der Waals surface area contributed by atoms with Gasteiger partial charge in [0, 0.05) is 15.7 Å². The second-order valence-electron chi connectivity index (χ2n) is 7.13. The maximum atomic E-state index is 5.65. The summed E-state index contributed by atoms with van der Waals surface area (Å²) in [4.78, 5) is 6.29. The van der Waals surface area contributed by atoms with Crippen LogP contribution in [0.15, 0.2) is 9.90 Å². The van der Waals surface area contributed by atoms with Crippen LogP contribution in [0.1, 0.15) is 49.4 Å². The van der Waals surface area contributed by atoms with Crippen LogP contribution in [0.2, 0.25) is 0 Å². The number of hydrogen-bond donors (Lipinski definition) is 1. The van der Waals surface area contributed by atoms with E-state index >= 15 is 0 Å². The van der Waals surface area contributed by atoms with Crippen molar-refractivity contribution in [2.75, 3.05) is 13.1 Å². The van der Waals surface area contributed by atoms with E-state index in [-0.39, 0.29) is 5.41 Å². The molecule has 3 heterocycles. The van der Waals surface area contributed by atoms with E-state index in [0.717, 1.165) is 50.0 Å². The minimum absolute atomic E-state index is 0.0532. The van der Waals surface area contributed by atoms with Crippen molar-refractivity contribution in [3.63, 3.8) is 0 Å². The zero-order valence-corrected chi connectivity index (χ0v) is 14.1. The van der Waals surface area contributed by atoms with Crippen molar-refractivity contribution in [2.24, 2.45) is 5.92 Å². The number of hydrogen-bond acceptors (Lipinski definition) is 5. The van der Waals surface area contributed by atoms with Gasteiger partial charge in [0.25, 0.3) is 5.89 Å². The van der Waals surface area contributed by atoms with Gasteiger partial charge in [0.05, 0.1) is 5.56 Å². The van der Waals surface area contributed by atoms with Gasteiger partial charge < -0.3 is 9.84 Å². The minimum Gasteiger partial charge on any atom is -0.334 e.